The van der Waals surface area contributed by atoms with Gasteiger partial charge in [0.2, 0.25) is 0 Å². The monoisotopic (exact) mass is 383 g/mol. The van der Waals surface area contributed by atoms with Crippen LogP contribution < -0.4 is 4.90 Å². The van der Waals surface area contributed by atoms with E-state index in [2.05, 4.69) is 66.4 Å². The Morgan fingerprint density at radius 3 is 1.90 bits per heavy atom. The molecule has 0 aromatic heterocycles. The molecule has 0 radical (unpaired) electrons. The summed E-state index contributed by atoms with van der Waals surface area (Å²) in [6, 6.07) is 27.2. The van der Waals surface area contributed by atoms with E-state index in [1.165, 1.54) is 47.2 Å². The van der Waals surface area contributed by atoms with Crippen molar-refractivity contribution in [2.75, 3.05) is 18.0 Å². The summed E-state index contributed by atoms with van der Waals surface area (Å²) >= 11 is 0. The van der Waals surface area contributed by atoms with Gasteiger partial charge in [0.1, 0.15) is 5.75 Å². The molecule has 0 unspecified atom stereocenters. The van der Waals surface area contributed by atoms with E-state index in [-0.39, 0.29) is 0 Å². The molecule has 1 N–H and O–H groups in total. The zero-order chi connectivity index (χ0) is 20.1. The number of hydrogen-bond acceptors (Lipinski definition) is 2. The van der Waals surface area contributed by atoms with E-state index < -0.39 is 0 Å². The van der Waals surface area contributed by atoms with E-state index in [1.54, 1.807) is 12.1 Å². The van der Waals surface area contributed by atoms with Crippen molar-refractivity contribution < 1.29 is 5.11 Å². The predicted octanol–water partition coefficient (Wildman–Crippen LogP) is 6.75. The van der Waals surface area contributed by atoms with Gasteiger partial charge in [-0.25, -0.2) is 0 Å². The maximum absolute atomic E-state index is 9.78. The fourth-order valence-corrected chi connectivity index (χ4v) is 4.30. The Kier molecular flexibility index (Phi) is 6.00. The molecule has 2 nitrogen and oxygen atoms in total. The Bertz CT molecular complexity index is 950. The third-order valence-electron chi connectivity index (χ3n) is 5.81. The first-order valence-corrected chi connectivity index (χ1v) is 10.7. The normalized spacial score (nSPS) is 15.1. The van der Waals surface area contributed by atoms with Crippen LogP contribution in [0.15, 0.2) is 78.9 Å². The summed E-state index contributed by atoms with van der Waals surface area (Å²) in [5, 5.41) is 9.78. The van der Waals surface area contributed by atoms with Gasteiger partial charge in [0.15, 0.2) is 0 Å². The van der Waals surface area contributed by atoms with Crippen molar-refractivity contribution in [2.24, 2.45) is 0 Å². The number of piperidine rings is 1. The number of phenols is 1. The first kappa shape index (κ1) is 19.3. The molecule has 1 aliphatic rings. The van der Waals surface area contributed by atoms with Gasteiger partial charge in [-0.3, -0.25) is 0 Å². The Hall–Kier alpha value is -3.00. The van der Waals surface area contributed by atoms with Crippen LogP contribution in [0.3, 0.4) is 0 Å². The van der Waals surface area contributed by atoms with Crippen LogP contribution in [0, 0.1) is 0 Å². The zero-order valence-corrected chi connectivity index (χ0v) is 17.1. The molecule has 1 saturated heterocycles. The van der Waals surface area contributed by atoms with Crippen molar-refractivity contribution >= 4 is 16.8 Å². The second-order valence-electron chi connectivity index (χ2n) is 7.71. The molecule has 148 valence electrons. The summed E-state index contributed by atoms with van der Waals surface area (Å²) < 4.78 is 0. The van der Waals surface area contributed by atoms with Gasteiger partial charge >= 0.3 is 0 Å². The molecule has 4 rings (SSSR count). The minimum atomic E-state index is 0.298. The van der Waals surface area contributed by atoms with Gasteiger partial charge < -0.3 is 10.0 Å². The van der Waals surface area contributed by atoms with E-state index in [4.69, 9.17) is 0 Å². The van der Waals surface area contributed by atoms with E-state index in [9.17, 15) is 5.11 Å². The summed E-state index contributed by atoms with van der Waals surface area (Å²) in [6.07, 6.45) is 4.86. The lowest BCUT2D eigenvalue weighted by Gasteiger charge is -2.29. The molecule has 0 saturated carbocycles. The molecule has 0 spiro atoms. The standard InChI is InChI=1S/C27H29NO/c1-2-26(21-9-5-3-6-10-21)27(23-13-17-25(29)18-14-23)22-11-15-24(16-12-22)28-19-7-4-8-20-28/h3,5-6,9-18,29H,2,4,7-8,19-20H2,1H3. The number of nitrogens with zero attached hydrogens (tertiary/aromatic N) is 1. The lowest BCUT2D eigenvalue weighted by Crippen LogP contribution is -2.29. The number of rotatable bonds is 5. The number of phenolic OH excluding ortho intramolecular Hbond substituents is 1. The molecule has 3 aromatic carbocycles. The van der Waals surface area contributed by atoms with Crippen molar-refractivity contribution in [3.05, 3.63) is 95.6 Å². The molecule has 1 fully saturated rings. The van der Waals surface area contributed by atoms with Crippen LogP contribution in [0.25, 0.3) is 11.1 Å². The van der Waals surface area contributed by atoms with Crippen LogP contribution in [0.2, 0.25) is 0 Å². The molecule has 1 heterocycles. The summed E-state index contributed by atoms with van der Waals surface area (Å²) in [5.41, 5.74) is 7.48. The first-order valence-electron chi connectivity index (χ1n) is 10.7. The number of anilines is 1. The largest absolute Gasteiger partial charge is 0.508 e. The van der Waals surface area contributed by atoms with E-state index in [0.29, 0.717) is 5.75 Å². The third-order valence-corrected chi connectivity index (χ3v) is 5.81. The highest BCUT2D eigenvalue weighted by Gasteiger charge is 2.15. The Labute approximate surface area is 174 Å². The molecular weight excluding hydrogens is 354 g/mol. The topological polar surface area (TPSA) is 23.5 Å². The van der Waals surface area contributed by atoms with Crippen LogP contribution in [0.1, 0.15) is 49.3 Å². The number of allylic oxidation sites excluding steroid dienone is 1. The average molecular weight is 384 g/mol. The first-order chi connectivity index (χ1) is 14.3. The van der Waals surface area contributed by atoms with Crippen molar-refractivity contribution in [1.82, 2.24) is 0 Å². The lowest BCUT2D eigenvalue weighted by atomic mass is 9.88. The summed E-state index contributed by atoms with van der Waals surface area (Å²) in [7, 11) is 0. The van der Waals surface area contributed by atoms with Crippen LogP contribution in [-0.4, -0.2) is 18.2 Å². The van der Waals surface area contributed by atoms with Crippen LogP contribution in [0.5, 0.6) is 5.75 Å². The van der Waals surface area contributed by atoms with Crippen molar-refractivity contribution in [1.29, 1.82) is 0 Å². The summed E-state index contributed by atoms with van der Waals surface area (Å²) in [4.78, 5) is 2.50. The van der Waals surface area contributed by atoms with Crippen molar-refractivity contribution in [2.45, 2.75) is 32.6 Å². The number of hydrogen-bond donors (Lipinski definition) is 1. The molecule has 0 atom stereocenters. The molecule has 0 amide bonds. The van der Waals surface area contributed by atoms with E-state index >= 15 is 0 Å². The van der Waals surface area contributed by atoms with Gasteiger partial charge in [-0.05, 0) is 77.8 Å². The quantitative estimate of drug-likeness (QED) is 0.493. The second kappa shape index (κ2) is 9.00. The number of aromatic hydroxyl groups is 1. The van der Waals surface area contributed by atoms with Crippen LogP contribution in [0.4, 0.5) is 5.69 Å². The van der Waals surface area contributed by atoms with Crippen molar-refractivity contribution in [3.8, 4) is 5.75 Å². The van der Waals surface area contributed by atoms with E-state index in [0.717, 1.165) is 25.1 Å². The predicted molar refractivity (Wildman–Crippen MR) is 123 cm³/mol. The maximum atomic E-state index is 9.78. The Morgan fingerprint density at radius 2 is 1.31 bits per heavy atom. The second-order valence-corrected chi connectivity index (χ2v) is 7.71. The zero-order valence-electron chi connectivity index (χ0n) is 17.1. The minimum absolute atomic E-state index is 0.298. The summed E-state index contributed by atoms with van der Waals surface area (Å²) in [6.45, 7) is 4.53. The smallest absolute Gasteiger partial charge is 0.115 e. The van der Waals surface area contributed by atoms with Crippen LogP contribution in [-0.2, 0) is 0 Å². The van der Waals surface area contributed by atoms with E-state index in [1.807, 2.05) is 12.1 Å². The minimum Gasteiger partial charge on any atom is -0.508 e. The van der Waals surface area contributed by atoms with Gasteiger partial charge in [-0.2, -0.15) is 0 Å². The van der Waals surface area contributed by atoms with Crippen molar-refractivity contribution in [3.63, 3.8) is 0 Å². The maximum Gasteiger partial charge on any atom is 0.115 e. The van der Waals surface area contributed by atoms with Gasteiger partial charge in [0.25, 0.3) is 0 Å². The highest BCUT2D eigenvalue weighted by Crippen LogP contribution is 2.35. The van der Waals surface area contributed by atoms with Gasteiger partial charge in [0, 0.05) is 18.8 Å². The average Bonchev–Trinajstić information content (AvgIpc) is 2.79. The molecule has 0 aliphatic carbocycles. The van der Waals surface area contributed by atoms with Gasteiger partial charge in [-0.1, -0.05) is 61.5 Å². The SMILES string of the molecule is CCC(=C(c1ccc(O)cc1)c1ccc(N2CCCCC2)cc1)c1ccccc1. The highest BCUT2D eigenvalue weighted by atomic mass is 16.3. The number of benzene rings is 3. The van der Waals surface area contributed by atoms with Crippen LogP contribution >= 0.6 is 0 Å². The fourth-order valence-electron chi connectivity index (χ4n) is 4.30. The molecular formula is C27H29NO. The highest BCUT2D eigenvalue weighted by molar-refractivity contribution is 5.98. The third kappa shape index (κ3) is 4.37. The molecule has 1 aliphatic heterocycles. The molecule has 0 bridgehead atoms. The summed E-state index contributed by atoms with van der Waals surface area (Å²) in [5.74, 6) is 0.298. The fraction of sp³-hybridized carbons (Fsp3) is 0.259. The molecule has 3 aromatic rings. The Morgan fingerprint density at radius 1 is 0.724 bits per heavy atom. The molecule has 29 heavy (non-hydrogen) atoms. The molecule has 2 heteroatoms. The van der Waals surface area contributed by atoms with Gasteiger partial charge in [-0.15, -0.1) is 0 Å². The lowest BCUT2D eigenvalue weighted by molar-refractivity contribution is 0.475. The Balaban J connectivity index is 1.80. The van der Waals surface area contributed by atoms with Gasteiger partial charge in [0.05, 0.1) is 0 Å².